The largest absolute Gasteiger partial charge is 0.480 e. The molecule has 1 N–H and O–H groups in total. The van der Waals surface area contributed by atoms with Gasteiger partial charge in [-0.05, 0) is 19.3 Å². The molecule has 0 aromatic carbocycles. The molecule has 2 aromatic heterocycles. The van der Waals surface area contributed by atoms with Gasteiger partial charge in [-0.2, -0.15) is 5.10 Å². The maximum atomic E-state index is 12.6. The van der Waals surface area contributed by atoms with Crippen molar-refractivity contribution in [2.24, 2.45) is 7.05 Å². The van der Waals surface area contributed by atoms with Gasteiger partial charge in [-0.25, -0.2) is 9.78 Å². The molecule has 1 aliphatic heterocycles. The van der Waals surface area contributed by atoms with Crippen molar-refractivity contribution >= 4 is 23.2 Å². The van der Waals surface area contributed by atoms with E-state index in [1.54, 1.807) is 10.9 Å². The number of hydrogen-bond donors (Lipinski definition) is 1. The van der Waals surface area contributed by atoms with Gasteiger partial charge in [0.1, 0.15) is 15.9 Å². The highest BCUT2D eigenvalue weighted by Crippen LogP contribution is 2.27. The van der Waals surface area contributed by atoms with Gasteiger partial charge in [0.2, 0.25) is 0 Å². The van der Waals surface area contributed by atoms with E-state index >= 15 is 0 Å². The number of carbonyl (C=O) groups excluding carboxylic acids is 1. The molecule has 22 heavy (non-hydrogen) atoms. The third-order valence-corrected chi connectivity index (χ3v) is 4.75. The highest BCUT2D eigenvalue weighted by molar-refractivity contribution is 7.16. The number of nitrogens with zero attached hydrogens (tertiary/aromatic N) is 4. The molecule has 0 radical (unpaired) electrons. The lowest BCUT2D eigenvalue weighted by atomic mass is 10.0. The van der Waals surface area contributed by atoms with Crippen LogP contribution >= 0.6 is 11.3 Å². The second-order valence-corrected chi connectivity index (χ2v) is 6.31. The highest BCUT2D eigenvalue weighted by Gasteiger charge is 2.33. The zero-order valence-electron chi connectivity index (χ0n) is 12.1. The van der Waals surface area contributed by atoms with Gasteiger partial charge in [-0.15, -0.1) is 11.3 Å². The Morgan fingerprint density at radius 1 is 1.36 bits per heavy atom. The molecule has 0 bridgehead atoms. The van der Waals surface area contributed by atoms with E-state index < -0.39 is 12.0 Å². The summed E-state index contributed by atoms with van der Waals surface area (Å²) in [5.74, 6) is -1.19. The van der Waals surface area contributed by atoms with E-state index in [9.17, 15) is 14.7 Å². The summed E-state index contributed by atoms with van der Waals surface area (Å²) in [5, 5.41) is 14.1. The predicted octanol–water partition coefficient (Wildman–Crippen LogP) is 1.62. The zero-order valence-corrected chi connectivity index (χ0v) is 12.9. The Balaban J connectivity index is 1.83. The van der Waals surface area contributed by atoms with Crippen LogP contribution in [0.2, 0.25) is 0 Å². The number of likely N-dealkylation sites (tertiary alicyclic amines) is 1. The summed E-state index contributed by atoms with van der Waals surface area (Å²) < 4.78 is 1.67. The Morgan fingerprint density at radius 3 is 2.86 bits per heavy atom. The summed E-state index contributed by atoms with van der Waals surface area (Å²) in [4.78, 5) is 30.1. The van der Waals surface area contributed by atoms with Crippen molar-refractivity contribution in [2.45, 2.75) is 25.3 Å². The minimum Gasteiger partial charge on any atom is -0.480 e. The Hall–Kier alpha value is -2.22. The van der Waals surface area contributed by atoms with Gasteiger partial charge >= 0.3 is 5.97 Å². The van der Waals surface area contributed by atoms with Gasteiger partial charge in [-0.1, -0.05) is 0 Å². The van der Waals surface area contributed by atoms with Crippen LogP contribution in [0.5, 0.6) is 0 Å². The van der Waals surface area contributed by atoms with Gasteiger partial charge in [0.05, 0.1) is 12.4 Å². The Labute approximate surface area is 131 Å². The van der Waals surface area contributed by atoms with Crippen molar-refractivity contribution in [3.05, 3.63) is 23.5 Å². The predicted molar refractivity (Wildman–Crippen MR) is 80.6 cm³/mol. The number of carboxylic acids is 1. The maximum Gasteiger partial charge on any atom is 0.326 e. The van der Waals surface area contributed by atoms with Gasteiger partial charge in [-0.3, -0.25) is 9.48 Å². The fourth-order valence-corrected chi connectivity index (χ4v) is 3.46. The highest BCUT2D eigenvalue weighted by atomic mass is 32.1. The molecule has 1 fully saturated rings. The Kier molecular flexibility index (Phi) is 3.93. The van der Waals surface area contributed by atoms with Crippen LogP contribution in [0.25, 0.3) is 10.6 Å². The van der Waals surface area contributed by atoms with Crippen molar-refractivity contribution in [3.63, 3.8) is 0 Å². The minimum absolute atomic E-state index is 0.250. The third-order valence-electron chi connectivity index (χ3n) is 3.72. The minimum atomic E-state index is -0.940. The number of hydrogen-bond acceptors (Lipinski definition) is 5. The molecular formula is C14H16N4O3S. The van der Waals surface area contributed by atoms with E-state index in [0.717, 1.165) is 18.4 Å². The number of thiazole rings is 1. The molecule has 1 saturated heterocycles. The van der Waals surface area contributed by atoms with E-state index in [-0.39, 0.29) is 5.91 Å². The first kappa shape index (κ1) is 14.7. The van der Waals surface area contributed by atoms with Crippen LogP contribution in [0.1, 0.15) is 28.9 Å². The number of aliphatic carboxylic acids is 1. The number of carboxylic acid groups (broad SMARTS) is 1. The summed E-state index contributed by atoms with van der Waals surface area (Å²) in [5.41, 5.74) is 0.847. The van der Waals surface area contributed by atoms with Crippen LogP contribution < -0.4 is 0 Å². The first-order chi connectivity index (χ1) is 10.6. The smallest absolute Gasteiger partial charge is 0.326 e. The number of carbonyl (C=O) groups is 2. The molecule has 3 heterocycles. The monoisotopic (exact) mass is 320 g/mol. The molecule has 0 unspecified atom stereocenters. The second-order valence-electron chi connectivity index (χ2n) is 5.28. The fourth-order valence-electron chi connectivity index (χ4n) is 2.61. The molecule has 0 aliphatic carbocycles. The van der Waals surface area contributed by atoms with Gasteiger partial charge < -0.3 is 10.0 Å². The lowest BCUT2D eigenvalue weighted by molar-refractivity contribution is -0.143. The SMILES string of the molecule is Cn1cc(-c2ncc(C(=O)N3CCCC[C@@H]3C(=O)O)s2)cn1. The molecule has 1 atom stereocenters. The first-order valence-corrected chi connectivity index (χ1v) is 7.86. The van der Waals surface area contributed by atoms with Crippen molar-refractivity contribution in [1.82, 2.24) is 19.7 Å². The molecule has 0 spiro atoms. The standard InChI is InChI=1S/C14H16N4O3S/c1-17-8-9(6-16-17)12-15-7-11(22-12)13(19)18-5-3-2-4-10(18)14(20)21/h6-8,10H,2-5H2,1H3,(H,20,21)/t10-/m1/s1. The number of rotatable bonds is 3. The molecule has 1 amide bonds. The second kappa shape index (κ2) is 5.88. The molecule has 2 aromatic rings. The summed E-state index contributed by atoms with van der Waals surface area (Å²) in [6, 6.07) is -0.731. The van der Waals surface area contributed by atoms with Crippen LogP contribution in [0.4, 0.5) is 0 Å². The summed E-state index contributed by atoms with van der Waals surface area (Å²) in [7, 11) is 1.81. The number of amides is 1. The van der Waals surface area contributed by atoms with E-state index in [1.807, 2.05) is 13.2 Å². The van der Waals surface area contributed by atoms with Crippen molar-refractivity contribution in [2.75, 3.05) is 6.54 Å². The van der Waals surface area contributed by atoms with Crippen molar-refractivity contribution in [3.8, 4) is 10.6 Å². The number of aromatic nitrogens is 3. The van der Waals surface area contributed by atoms with E-state index in [2.05, 4.69) is 10.1 Å². The van der Waals surface area contributed by atoms with Crippen LogP contribution in [0.15, 0.2) is 18.6 Å². The van der Waals surface area contributed by atoms with Crippen molar-refractivity contribution in [1.29, 1.82) is 0 Å². The molecule has 0 saturated carbocycles. The number of aryl methyl sites for hydroxylation is 1. The summed E-state index contributed by atoms with van der Waals surface area (Å²) in [6.07, 6.45) is 7.22. The lowest BCUT2D eigenvalue weighted by Crippen LogP contribution is -2.47. The van der Waals surface area contributed by atoms with E-state index in [4.69, 9.17) is 0 Å². The van der Waals surface area contributed by atoms with Gasteiger partial charge in [0.25, 0.3) is 5.91 Å². The Morgan fingerprint density at radius 2 is 2.18 bits per heavy atom. The summed E-state index contributed by atoms with van der Waals surface area (Å²) >= 11 is 1.27. The average molecular weight is 320 g/mol. The topological polar surface area (TPSA) is 88.3 Å². The zero-order chi connectivity index (χ0) is 15.7. The maximum absolute atomic E-state index is 12.6. The molecule has 1 aliphatic rings. The molecule has 7 nitrogen and oxygen atoms in total. The third kappa shape index (κ3) is 2.74. The quantitative estimate of drug-likeness (QED) is 0.928. The number of piperidine rings is 1. The Bertz CT molecular complexity index is 709. The normalized spacial score (nSPS) is 18.4. The van der Waals surface area contributed by atoms with Crippen LogP contribution in [-0.4, -0.2) is 49.2 Å². The van der Waals surface area contributed by atoms with Crippen LogP contribution in [0, 0.1) is 0 Å². The first-order valence-electron chi connectivity index (χ1n) is 7.05. The molecular weight excluding hydrogens is 304 g/mol. The molecule has 8 heteroatoms. The van der Waals surface area contributed by atoms with Crippen LogP contribution in [-0.2, 0) is 11.8 Å². The van der Waals surface area contributed by atoms with Gasteiger partial charge in [0.15, 0.2) is 0 Å². The van der Waals surface area contributed by atoms with E-state index in [1.165, 1.54) is 22.4 Å². The molecule has 116 valence electrons. The van der Waals surface area contributed by atoms with Crippen molar-refractivity contribution < 1.29 is 14.7 Å². The van der Waals surface area contributed by atoms with Gasteiger partial charge in [0, 0.05) is 25.4 Å². The summed E-state index contributed by atoms with van der Waals surface area (Å²) in [6.45, 7) is 0.482. The lowest BCUT2D eigenvalue weighted by Gasteiger charge is -2.32. The van der Waals surface area contributed by atoms with Crippen LogP contribution in [0.3, 0.4) is 0 Å². The fraction of sp³-hybridized carbons (Fsp3) is 0.429. The average Bonchev–Trinajstić information content (AvgIpc) is 3.15. The molecule has 3 rings (SSSR count). The van der Waals surface area contributed by atoms with E-state index in [0.29, 0.717) is 22.9 Å².